The summed E-state index contributed by atoms with van der Waals surface area (Å²) in [6.07, 6.45) is 3.83. The average Bonchev–Trinajstić information content (AvgIpc) is 2.76. The summed E-state index contributed by atoms with van der Waals surface area (Å²) in [4.78, 5) is 2.52. The molecule has 0 bridgehead atoms. The fourth-order valence-corrected chi connectivity index (χ4v) is 3.07. The lowest BCUT2D eigenvalue weighted by atomic mass is 10.1. The van der Waals surface area contributed by atoms with Gasteiger partial charge in [-0.05, 0) is 37.0 Å². The second-order valence-corrected chi connectivity index (χ2v) is 5.49. The Hall–Kier alpha value is -0.210. The number of alkyl halides is 1. The molecule has 3 heteroatoms. The second-order valence-electron chi connectivity index (χ2n) is 4.30. The van der Waals surface area contributed by atoms with Crippen LogP contribution in [0.1, 0.15) is 31.7 Å². The van der Waals surface area contributed by atoms with Crippen molar-refractivity contribution >= 4 is 33.2 Å². The predicted octanol–water partition coefficient (Wildman–Crippen LogP) is 4.57. The van der Waals surface area contributed by atoms with Crippen LogP contribution in [0.5, 0.6) is 0 Å². The summed E-state index contributed by atoms with van der Waals surface area (Å²) in [6, 6.07) is 7.08. The first-order valence-corrected chi connectivity index (χ1v) is 7.20. The number of nitrogens with zero attached hydrogens (tertiary/aromatic N) is 1. The molecule has 1 aliphatic rings. The van der Waals surface area contributed by atoms with E-state index in [1.807, 2.05) is 0 Å². The molecule has 1 heterocycles. The van der Waals surface area contributed by atoms with Gasteiger partial charge in [0.1, 0.15) is 0 Å². The molecule has 1 unspecified atom stereocenters. The molecule has 1 aliphatic heterocycles. The fourth-order valence-electron chi connectivity index (χ4n) is 2.49. The minimum atomic E-state index is 0.593. The van der Waals surface area contributed by atoms with Gasteiger partial charge < -0.3 is 4.90 Å². The van der Waals surface area contributed by atoms with Gasteiger partial charge in [-0.1, -0.05) is 28.9 Å². The summed E-state index contributed by atoms with van der Waals surface area (Å²) in [5.74, 6) is 0.593. The Morgan fingerprint density at radius 2 is 2.31 bits per heavy atom. The summed E-state index contributed by atoms with van der Waals surface area (Å²) in [5, 5.41) is 0. The van der Waals surface area contributed by atoms with E-state index in [2.05, 4.69) is 46.0 Å². The minimum Gasteiger partial charge on any atom is -0.368 e. The third-order valence-electron chi connectivity index (χ3n) is 3.35. The highest BCUT2D eigenvalue weighted by molar-refractivity contribution is 9.10. The molecule has 88 valence electrons. The standard InChI is InChI=1S/C13H17BrClN/c1-2-12-4-3-7-16(12)13-8-11(14)6-5-10(13)9-15/h5-6,8,12H,2-4,7,9H2,1H3. The van der Waals surface area contributed by atoms with Crippen LogP contribution in [-0.2, 0) is 5.88 Å². The second kappa shape index (κ2) is 5.42. The molecule has 0 spiro atoms. The molecule has 1 aromatic rings. The Balaban J connectivity index is 2.34. The van der Waals surface area contributed by atoms with Crippen molar-refractivity contribution in [1.82, 2.24) is 0 Å². The van der Waals surface area contributed by atoms with E-state index in [9.17, 15) is 0 Å². The summed E-state index contributed by atoms with van der Waals surface area (Å²) < 4.78 is 1.14. The van der Waals surface area contributed by atoms with Crippen molar-refractivity contribution < 1.29 is 0 Å². The predicted molar refractivity (Wildman–Crippen MR) is 74.4 cm³/mol. The van der Waals surface area contributed by atoms with Crippen molar-refractivity contribution in [2.45, 2.75) is 38.1 Å². The maximum absolute atomic E-state index is 6.01. The third-order valence-corrected chi connectivity index (χ3v) is 4.13. The summed E-state index contributed by atoms with van der Waals surface area (Å²) in [6.45, 7) is 3.43. The van der Waals surface area contributed by atoms with Gasteiger partial charge in [0.05, 0.1) is 0 Å². The zero-order valence-electron chi connectivity index (χ0n) is 9.55. The number of hydrogen-bond donors (Lipinski definition) is 0. The summed E-state index contributed by atoms with van der Waals surface area (Å²) in [7, 11) is 0. The highest BCUT2D eigenvalue weighted by atomic mass is 79.9. The molecule has 0 N–H and O–H groups in total. The van der Waals surface area contributed by atoms with Gasteiger partial charge >= 0.3 is 0 Å². The molecule has 1 nitrogen and oxygen atoms in total. The SMILES string of the molecule is CCC1CCCN1c1cc(Br)ccc1CCl. The monoisotopic (exact) mass is 301 g/mol. The third kappa shape index (κ3) is 2.38. The first-order chi connectivity index (χ1) is 7.76. The molecular formula is C13H17BrClN. The zero-order valence-corrected chi connectivity index (χ0v) is 11.9. The van der Waals surface area contributed by atoms with Crippen LogP contribution in [0.3, 0.4) is 0 Å². The van der Waals surface area contributed by atoms with Crippen LogP contribution in [0.15, 0.2) is 22.7 Å². The minimum absolute atomic E-state index is 0.593. The van der Waals surface area contributed by atoms with Gasteiger partial charge in [-0.25, -0.2) is 0 Å². The van der Waals surface area contributed by atoms with Gasteiger partial charge in [-0.15, -0.1) is 11.6 Å². The first-order valence-electron chi connectivity index (χ1n) is 5.87. The van der Waals surface area contributed by atoms with Crippen LogP contribution < -0.4 is 4.90 Å². The van der Waals surface area contributed by atoms with E-state index < -0.39 is 0 Å². The normalized spacial score (nSPS) is 20.4. The molecule has 0 amide bonds. The van der Waals surface area contributed by atoms with E-state index in [-0.39, 0.29) is 0 Å². The molecule has 2 rings (SSSR count). The first kappa shape index (κ1) is 12.3. The van der Waals surface area contributed by atoms with Crippen molar-refractivity contribution in [3.05, 3.63) is 28.2 Å². The van der Waals surface area contributed by atoms with Crippen molar-refractivity contribution in [2.75, 3.05) is 11.4 Å². The van der Waals surface area contributed by atoms with E-state index >= 15 is 0 Å². The molecule has 0 saturated carbocycles. The Morgan fingerprint density at radius 3 is 3.00 bits per heavy atom. The van der Waals surface area contributed by atoms with Gasteiger partial charge in [0.25, 0.3) is 0 Å². The summed E-state index contributed by atoms with van der Waals surface area (Å²) >= 11 is 9.56. The largest absolute Gasteiger partial charge is 0.368 e. The molecule has 1 fully saturated rings. The Labute approximate surface area is 111 Å². The topological polar surface area (TPSA) is 3.24 Å². The summed E-state index contributed by atoms with van der Waals surface area (Å²) in [5.41, 5.74) is 2.55. The van der Waals surface area contributed by atoms with Gasteiger partial charge in [-0.2, -0.15) is 0 Å². The van der Waals surface area contributed by atoms with Crippen LogP contribution in [0.4, 0.5) is 5.69 Å². The van der Waals surface area contributed by atoms with E-state index in [1.54, 1.807) is 0 Å². The highest BCUT2D eigenvalue weighted by Gasteiger charge is 2.24. The Kier molecular flexibility index (Phi) is 4.15. The lowest BCUT2D eigenvalue weighted by Gasteiger charge is -2.28. The average molecular weight is 303 g/mol. The smallest absolute Gasteiger partial charge is 0.0494 e. The maximum Gasteiger partial charge on any atom is 0.0494 e. The number of halogens is 2. The van der Waals surface area contributed by atoms with Crippen LogP contribution in [0.2, 0.25) is 0 Å². The van der Waals surface area contributed by atoms with Crippen molar-refractivity contribution in [3.8, 4) is 0 Å². The Morgan fingerprint density at radius 1 is 1.50 bits per heavy atom. The molecule has 1 atom stereocenters. The number of hydrogen-bond acceptors (Lipinski definition) is 1. The number of benzene rings is 1. The van der Waals surface area contributed by atoms with Crippen LogP contribution in [0, 0.1) is 0 Å². The van der Waals surface area contributed by atoms with Gasteiger partial charge in [0.15, 0.2) is 0 Å². The molecule has 0 aliphatic carbocycles. The fraction of sp³-hybridized carbons (Fsp3) is 0.538. The Bertz CT molecular complexity index is 367. The van der Waals surface area contributed by atoms with Gasteiger partial charge in [-0.3, -0.25) is 0 Å². The van der Waals surface area contributed by atoms with Gasteiger partial charge in [0.2, 0.25) is 0 Å². The quantitative estimate of drug-likeness (QED) is 0.740. The lowest BCUT2D eigenvalue weighted by molar-refractivity contribution is 0.644. The molecule has 16 heavy (non-hydrogen) atoms. The van der Waals surface area contributed by atoms with Crippen LogP contribution >= 0.6 is 27.5 Å². The molecule has 1 saturated heterocycles. The van der Waals surface area contributed by atoms with Crippen LogP contribution in [0.25, 0.3) is 0 Å². The van der Waals surface area contributed by atoms with E-state index in [1.165, 1.54) is 37.1 Å². The van der Waals surface area contributed by atoms with E-state index in [0.29, 0.717) is 11.9 Å². The maximum atomic E-state index is 6.01. The van der Waals surface area contributed by atoms with E-state index in [4.69, 9.17) is 11.6 Å². The highest BCUT2D eigenvalue weighted by Crippen LogP contribution is 2.33. The van der Waals surface area contributed by atoms with E-state index in [0.717, 1.165) is 4.47 Å². The number of anilines is 1. The number of rotatable bonds is 3. The van der Waals surface area contributed by atoms with Gasteiger partial charge in [0, 0.05) is 28.6 Å². The lowest BCUT2D eigenvalue weighted by Crippen LogP contribution is -2.29. The molecule has 1 aromatic carbocycles. The zero-order chi connectivity index (χ0) is 11.5. The molecular weight excluding hydrogens is 286 g/mol. The molecule has 0 aromatic heterocycles. The molecule has 0 radical (unpaired) electrons. The van der Waals surface area contributed by atoms with Crippen molar-refractivity contribution in [1.29, 1.82) is 0 Å². The van der Waals surface area contributed by atoms with Crippen molar-refractivity contribution in [3.63, 3.8) is 0 Å². The van der Waals surface area contributed by atoms with Crippen LogP contribution in [-0.4, -0.2) is 12.6 Å². The van der Waals surface area contributed by atoms with Crippen molar-refractivity contribution in [2.24, 2.45) is 0 Å².